The molecule has 6 atom stereocenters. The van der Waals surface area contributed by atoms with E-state index >= 15 is 0 Å². The van der Waals surface area contributed by atoms with Crippen LogP contribution >= 0.6 is 0 Å². The first kappa shape index (κ1) is 43.5. The molecule has 2 fully saturated rings. The number of H-pyrrole nitrogens is 2. The number of fused-ring (bicyclic) bond motifs is 6. The number of aromatic amines is 2. The first-order chi connectivity index (χ1) is 30.3. The molecule has 8 rings (SSSR count). The third kappa shape index (κ3) is 8.28. The number of methoxy groups -OCH3 is 3. The highest BCUT2D eigenvalue weighted by Crippen LogP contribution is 2.44. The van der Waals surface area contributed by atoms with Crippen LogP contribution in [0.1, 0.15) is 89.6 Å². The van der Waals surface area contributed by atoms with Gasteiger partial charge in [-0.05, 0) is 83.9 Å². The van der Waals surface area contributed by atoms with E-state index in [1.54, 1.807) is 7.11 Å². The second kappa shape index (κ2) is 17.9. The van der Waals surface area contributed by atoms with Gasteiger partial charge in [-0.2, -0.15) is 0 Å². The first-order valence-corrected chi connectivity index (χ1v) is 21.9. The molecule has 2 saturated heterocycles. The predicted molar refractivity (Wildman–Crippen MR) is 237 cm³/mol. The summed E-state index contributed by atoms with van der Waals surface area (Å²) in [5.74, 6) is 1.63. The molecule has 3 aliphatic heterocycles. The van der Waals surface area contributed by atoms with Gasteiger partial charge in [0.05, 0.1) is 55.8 Å². The van der Waals surface area contributed by atoms with Gasteiger partial charge >= 0.3 is 12.2 Å². The van der Waals surface area contributed by atoms with Crippen molar-refractivity contribution in [3.05, 3.63) is 65.9 Å². The van der Waals surface area contributed by atoms with Crippen molar-refractivity contribution in [3.8, 4) is 28.1 Å². The normalized spacial score (nSPS) is 20.4. The zero-order valence-corrected chi connectivity index (χ0v) is 37.2. The Morgan fingerprint density at radius 3 is 2.27 bits per heavy atom. The third-order valence-corrected chi connectivity index (χ3v) is 13.0. The summed E-state index contributed by atoms with van der Waals surface area (Å²) in [6.45, 7) is 11.0. The molecule has 4 amide bonds. The van der Waals surface area contributed by atoms with Crippen LogP contribution in [0.5, 0.6) is 5.75 Å². The Morgan fingerprint density at radius 1 is 0.857 bits per heavy atom. The highest BCUT2D eigenvalue weighted by molar-refractivity contribution is 6.07. The maximum Gasteiger partial charge on any atom is 0.407 e. The lowest BCUT2D eigenvalue weighted by molar-refractivity contribution is -0.138. The summed E-state index contributed by atoms with van der Waals surface area (Å²) < 4.78 is 21.6. The maximum atomic E-state index is 14.1. The van der Waals surface area contributed by atoms with E-state index in [-0.39, 0.29) is 47.7 Å². The SMILES string of the molecule is CC[C@H]1CC[C@@H](c2ncc(-c3ccc4c(c3)COc3cc5c(ccc6nc([C@@H]7C[C@H](COC)CN7C(=O)[C@@H](NC(=O)OC)C(C)C)[nH]c65)cc3-4)[nH]2)N1C(=O)[C@@H](NC(=O)OC)C(C)C. The standard InChI is InChI=1S/C47H58N8O8/c1-9-30-12-15-36(55(30)45(57)40(25(4)5)53-47(59)62-8)42-48-20-35(50-42)28-10-13-31-29(17-28)23-63-38-19-32-27(18-33(31)38)11-14-34-41(32)51-43(49-34)37-16-26(22-60-6)21-54(37)44(56)39(24(2)3)52-46(58)61-7/h10-11,13-14,17-20,24-26,30,36-37,39-40H,9,12,15-16,21-23H2,1-8H3,(H,48,50)(H,49,51)(H,52,58)(H,53,59)/t26-,30-,36-,37-,39-,40-/m0/s1. The van der Waals surface area contributed by atoms with Gasteiger partial charge in [-0.25, -0.2) is 19.6 Å². The Kier molecular flexibility index (Phi) is 12.4. The minimum absolute atomic E-state index is 0.0308. The van der Waals surface area contributed by atoms with Crippen LogP contribution in [0, 0.1) is 17.8 Å². The zero-order valence-electron chi connectivity index (χ0n) is 37.2. The van der Waals surface area contributed by atoms with E-state index < -0.39 is 24.3 Å². The van der Waals surface area contributed by atoms with Crippen molar-refractivity contribution in [2.45, 2.75) is 97.1 Å². The Morgan fingerprint density at radius 2 is 1.59 bits per heavy atom. The number of likely N-dealkylation sites (tertiary alicyclic amines) is 2. The van der Waals surface area contributed by atoms with Crippen LogP contribution in [0.15, 0.2) is 48.7 Å². The van der Waals surface area contributed by atoms with Crippen LogP contribution in [-0.4, -0.2) is 106 Å². The fraction of sp³-hybridized carbons (Fsp3) is 0.489. The van der Waals surface area contributed by atoms with Gasteiger partial charge < -0.3 is 49.3 Å². The summed E-state index contributed by atoms with van der Waals surface area (Å²) in [7, 11) is 4.24. The quantitative estimate of drug-likeness (QED) is 0.0982. The van der Waals surface area contributed by atoms with Crippen LogP contribution in [0.2, 0.25) is 0 Å². The minimum atomic E-state index is -0.762. The molecule has 5 heterocycles. The molecule has 0 unspecified atom stereocenters. The van der Waals surface area contributed by atoms with Gasteiger partial charge in [0.2, 0.25) is 11.8 Å². The molecule has 2 aromatic heterocycles. The number of amides is 4. The van der Waals surface area contributed by atoms with Gasteiger partial charge in [0.25, 0.3) is 0 Å². The summed E-state index contributed by atoms with van der Waals surface area (Å²) in [4.78, 5) is 73.2. The summed E-state index contributed by atoms with van der Waals surface area (Å²) in [5, 5.41) is 7.45. The predicted octanol–water partition coefficient (Wildman–Crippen LogP) is 7.40. The smallest absolute Gasteiger partial charge is 0.407 e. The Bertz CT molecular complexity index is 2530. The summed E-state index contributed by atoms with van der Waals surface area (Å²) in [6.07, 6.45) is 3.60. The van der Waals surface area contributed by atoms with Crippen LogP contribution in [0.3, 0.4) is 0 Å². The molecule has 0 aliphatic carbocycles. The number of ether oxygens (including phenoxy) is 4. The van der Waals surface area contributed by atoms with Crippen LogP contribution < -0.4 is 15.4 Å². The van der Waals surface area contributed by atoms with Gasteiger partial charge in [-0.15, -0.1) is 0 Å². The van der Waals surface area contributed by atoms with Crippen LogP contribution in [0.25, 0.3) is 44.2 Å². The average Bonchev–Trinajstić information content (AvgIpc) is 4.11. The van der Waals surface area contributed by atoms with Crippen LogP contribution in [-0.2, 0) is 30.4 Å². The second-order valence-electron chi connectivity index (χ2n) is 17.7. The molecule has 3 aromatic carbocycles. The number of hydrogen-bond donors (Lipinski definition) is 4. The van der Waals surface area contributed by atoms with Gasteiger partial charge in [-0.1, -0.05) is 52.8 Å². The van der Waals surface area contributed by atoms with Crippen molar-refractivity contribution in [3.63, 3.8) is 0 Å². The van der Waals surface area contributed by atoms with Gasteiger partial charge in [-0.3, -0.25) is 9.59 Å². The first-order valence-electron chi connectivity index (χ1n) is 21.9. The molecule has 16 nitrogen and oxygen atoms in total. The average molecular weight is 863 g/mol. The highest BCUT2D eigenvalue weighted by Gasteiger charge is 2.43. The zero-order chi connectivity index (χ0) is 44.7. The molecule has 0 radical (unpaired) electrons. The molecule has 63 heavy (non-hydrogen) atoms. The Hall–Kier alpha value is -6.16. The van der Waals surface area contributed by atoms with Crippen molar-refractivity contribution in [2.75, 3.05) is 34.5 Å². The summed E-state index contributed by atoms with van der Waals surface area (Å²) >= 11 is 0. The number of hydrogen-bond acceptors (Lipinski definition) is 10. The fourth-order valence-corrected chi connectivity index (χ4v) is 9.70. The van der Waals surface area contributed by atoms with E-state index in [1.807, 2.05) is 49.8 Å². The van der Waals surface area contributed by atoms with E-state index in [0.29, 0.717) is 37.8 Å². The number of nitrogens with zero attached hydrogens (tertiary/aromatic N) is 4. The third-order valence-electron chi connectivity index (χ3n) is 13.0. The lowest BCUT2D eigenvalue weighted by Crippen LogP contribution is -2.53. The molecule has 4 N–H and O–H groups in total. The molecule has 0 spiro atoms. The molecular formula is C47H58N8O8. The molecular weight excluding hydrogens is 805 g/mol. The lowest BCUT2D eigenvalue weighted by atomic mass is 9.92. The maximum absolute atomic E-state index is 14.1. The van der Waals surface area contributed by atoms with Crippen molar-refractivity contribution < 1.29 is 38.1 Å². The number of nitrogens with one attached hydrogen (secondary N) is 4. The van der Waals surface area contributed by atoms with Gasteiger partial charge in [0.15, 0.2) is 0 Å². The van der Waals surface area contributed by atoms with Crippen molar-refractivity contribution in [1.29, 1.82) is 0 Å². The fourth-order valence-electron chi connectivity index (χ4n) is 9.70. The largest absolute Gasteiger partial charge is 0.488 e. The molecule has 334 valence electrons. The molecule has 0 bridgehead atoms. The number of aromatic nitrogens is 4. The number of imidazole rings is 2. The van der Waals surface area contributed by atoms with Crippen molar-refractivity contribution in [1.82, 2.24) is 40.4 Å². The van der Waals surface area contributed by atoms with Crippen molar-refractivity contribution in [2.24, 2.45) is 17.8 Å². The Balaban J connectivity index is 1.06. The minimum Gasteiger partial charge on any atom is -0.488 e. The number of alkyl carbamates (subject to hydrolysis) is 2. The molecule has 0 saturated carbocycles. The van der Waals surface area contributed by atoms with E-state index in [2.05, 4.69) is 63.9 Å². The van der Waals surface area contributed by atoms with E-state index in [0.717, 1.165) is 74.8 Å². The van der Waals surface area contributed by atoms with E-state index in [4.69, 9.17) is 28.9 Å². The molecule has 3 aliphatic rings. The van der Waals surface area contributed by atoms with Crippen LogP contribution in [0.4, 0.5) is 9.59 Å². The van der Waals surface area contributed by atoms with Gasteiger partial charge in [0.1, 0.15) is 36.1 Å². The monoisotopic (exact) mass is 862 g/mol. The number of carbonyl (C=O) groups is 4. The number of benzene rings is 3. The summed E-state index contributed by atoms with van der Waals surface area (Å²) in [6, 6.07) is 12.6. The lowest BCUT2D eigenvalue weighted by Gasteiger charge is -2.34. The van der Waals surface area contributed by atoms with E-state index in [9.17, 15) is 19.2 Å². The topological polar surface area (TPSA) is 193 Å². The van der Waals surface area contributed by atoms with Gasteiger partial charge in [0, 0.05) is 36.6 Å². The van der Waals surface area contributed by atoms with E-state index in [1.165, 1.54) is 14.2 Å². The highest BCUT2D eigenvalue weighted by atomic mass is 16.5. The second-order valence-corrected chi connectivity index (χ2v) is 17.7. The van der Waals surface area contributed by atoms with Crippen molar-refractivity contribution >= 4 is 45.8 Å². The molecule has 5 aromatic rings. The number of carbonyl (C=O) groups excluding carboxylic acids is 4. The molecule has 16 heteroatoms. The number of rotatable bonds is 12. The Labute approximate surface area is 366 Å². The summed E-state index contributed by atoms with van der Waals surface area (Å²) in [5.41, 5.74) is 6.52.